The molecule has 24 heavy (non-hydrogen) atoms. The van der Waals surface area contributed by atoms with Gasteiger partial charge in [0.1, 0.15) is 17.1 Å². The molecule has 0 heterocycles. The number of hydrazine groups is 1. The van der Waals surface area contributed by atoms with E-state index in [0.29, 0.717) is 0 Å². The lowest BCUT2D eigenvalue weighted by Gasteiger charge is -2.21. The Morgan fingerprint density at radius 2 is 1.54 bits per heavy atom. The number of carbonyl (C=O) groups is 1. The quantitative estimate of drug-likeness (QED) is 0.789. The Morgan fingerprint density at radius 1 is 0.958 bits per heavy atom. The van der Waals surface area contributed by atoms with Crippen molar-refractivity contribution in [3.05, 3.63) is 60.2 Å². The lowest BCUT2D eigenvalue weighted by molar-refractivity contribution is 0.0489. The Labute approximate surface area is 143 Å². The molecule has 5 nitrogen and oxygen atoms in total. The topological polar surface area (TPSA) is 59.6 Å². The van der Waals surface area contributed by atoms with Crippen LogP contribution in [-0.2, 0) is 4.74 Å². The van der Waals surface area contributed by atoms with Crippen molar-refractivity contribution in [2.45, 2.75) is 39.3 Å². The summed E-state index contributed by atoms with van der Waals surface area (Å²) in [6, 6.07) is 17.2. The van der Waals surface area contributed by atoms with Crippen LogP contribution in [0.15, 0.2) is 54.6 Å². The van der Waals surface area contributed by atoms with Crippen LogP contribution in [0.5, 0.6) is 11.5 Å². The zero-order chi connectivity index (χ0) is 17.6. The Hall–Kier alpha value is -2.53. The van der Waals surface area contributed by atoms with E-state index < -0.39 is 11.7 Å². The minimum atomic E-state index is -0.522. The van der Waals surface area contributed by atoms with E-state index in [1.54, 1.807) is 0 Å². The van der Waals surface area contributed by atoms with Crippen LogP contribution in [0.3, 0.4) is 0 Å². The molecule has 5 heteroatoms. The number of nitrogens with one attached hydrogen (secondary N) is 2. The van der Waals surface area contributed by atoms with Crippen LogP contribution in [0.25, 0.3) is 0 Å². The molecule has 2 aromatic rings. The van der Waals surface area contributed by atoms with Crippen LogP contribution >= 0.6 is 0 Å². The van der Waals surface area contributed by atoms with Gasteiger partial charge in [0.25, 0.3) is 0 Å². The van der Waals surface area contributed by atoms with Gasteiger partial charge in [-0.1, -0.05) is 30.3 Å². The van der Waals surface area contributed by atoms with Crippen molar-refractivity contribution in [3.63, 3.8) is 0 Å². The van der Waals surface area contributed by atoms with Gasteiger partial charge >= 0.3 is 6.09 Å². The van der Waals surface area contributed by atoms with Crippen LogP contribution in [-0.4, -0.2) is 11.7 Å². The molecule has 0 fully saturated rings. The molecule has 2 rings (SSSR count). The van der Waals surface area contributed by atoms with E-state index >= 15 is 0 Å². The molecule has 0 spiro atoms. The van der Waals surface area contributed by atoms with Gasteiger partial charge in [0.2, 0.25) is 0 Å². The first-order chi connectivity index (χ1) is 11.3. The Bertz CT molecular complexity index is 649. The van der Waals surface area contributed by atoms with Crippen molar-refractivity contribution in [2.75, 3.05) is 0 Å². The Kier molecular flexibility index (Phi) is 5.82. The molecule has 1 atom stereocenters. The molecule has 0 aliphatic heterocycles. The van der Waals surface area contributed by atoms with Crippen LogP contribution in [0, 0.1) is 0 Å². The van der Waals surface area contributed by atoms with Crippen molar-refractivity contribution in [1.29, 1.82) is 0 Å². The summed E-state index contributed by atoms with van der Waals surface area (Å²) in [6.07, 6.45) is -0.501. The van der Waals surface area contributed by atoms with Gasteiger partial charge in [0.15, 0.2) is 0 Å². The van der Waals surface area contributed by atoms with Gasteiger partial charge in [-0.3, -0.25) is 5.43 Å². The highest BCUT2D eigenvalue weighted by atomic mass is 16.6. The van der Waals surface area contributed by atoms with Gasteiger partial charge in [0, 0.05) is 6.04 Å². The van der Waals surface area contributed by atoms with Crippen molar-refractivity contribution in [2.24, 2.45) is 0 Å². The highest BCUT2D eigenvalue weighted by Crippen LogP contribution is 2.23. The Morgan fingerprint density at radius 3 is 2.12 bits per heavy atom. The molecule has 0 aliphatic rings. The van der Waals surface area contributed by atoms with Gasteiger partial charge in [-0.05, 0) is 57.5 Å². The SMILES string of the molecule is CC(NNC(=O)OC(C)(C)C)c1ccc(Oc2ccccc2)cc1. The minimum absolute atomic E-state index is 0.0664. The number of amides is 1. The Balaban J connectivity index is 1.87. The van der Waals surface area contributed by atoms with Crippen LogP contribution in [0.2, 0.25) is 0 Å². The number of benzene rings is 2. The largest absolute Gasteiger partial charge is 0.457 e. The zero-order valence-corrected chi connectivity index (χ0v) is 14.5. The molecule has 0 aliphatic carbocycles. The molecule has 1 amide bonds. The molecular formula is C19H24N2O3. The van der Waals surface area contributed by atoms with E-state index in [1.807, 2.05) is 82.3 Å². The van der Waals surface area contributed by atoms with E-state index in [1.165, 1.54) is 0 Å². The van der Waals surface area contributed by atoms with Crippen molar-refractivity contribution in [1.82, 2.24) is 10.9 Å². The normalized spacial score (nSPS) is 12.3. The van der Waals surface area contributed by atoms with E-state index in [-0.39, 0.29) is 6.04 Å². The molecule has 0 radical (unpaired) electrons. The van der Waals surface area contributed by atoms with E-state index in [9.17, 15) is 4.79 Å². The zero-order valence-electron chi connectivity index (χ0n) is 14.5. The minimum Gasteiger partial charge on any atom is -0.457 e. The maximum Gasteiger partial charge on any atom is 0.422 e. The number of para-hydroxylation sites is 1. The molecule has 0 bridgehead atoms. The summed E-state index contributed by atoms with van der Waals surface area (Å²) in [6.45, 7) is 7.41. The van der Waals surface area contributed by atoms with Gasteiger partial charge < -0.3 is 9.47 Å². The lowest BCUT2D eigenvalue weighted by atomic mass is 10.1. The van der Waals surface area contributed by atoms with Gasteiger partial charge in [-0.25, -0.2) is 10.2 Å². The first-order valence-electron chi connectivity index (χ1n) is 7.91. The number of rotatable bonds is 5. The summed E-state index contributed by atoms with van der Waals surface area (Å²) in [5.74, 6) is 1.56. The summed E-state index contributed by atoms with van der Waals surface area (Å²) in [7, 11) is 0. The second-order valence-corrected chi connectivity index (χ2v) is 6.48. The van der Waals surface area contributed by atoms with Crippen molar-refractivity contribution >= 4 is 6.09 Å². The van der Waals surface area contributed by atoms with Gasteiger partial charge in [-0.15, -0.1) is 0 Å². The number of hydrogen-bond acceptors (Lipinski definition) is 4. The smallest absolute Gasteiger partial charge is 0.422 e. The average Bonchev–Trinajstić information content (AvgIpc) is 2.53. The second kappa shape index (κ2) is 7.84. The first-order valence-corrected chi connectivity index (χ1v) is 7.91. The molecule has 1 unspecified atom stereocenters. The molecular weight excluding hydrogens is 304 g/mol. The van der Waals surface area contributed by atoms with Gasteiger partial charge in [0.05, 0.1) is 0 Å². The summed E-state index contributed by atoms with van der Waals surface area (Å²) in [5, 5.41) is 0. The molecule has 0 saturated heterocycles. The predicted molar refractivity (Wildman–Crippen MR) is 93.9 cm³/mol. The number of ether oxygens (including phenoxy) is 2. The number of hydrogen-bond donors (Lipinski definition) is 2. The second-order valence-electron chi connectivity index (χ2n) is 6.48. The van der Waals surface area contributed by atoms with Crippen molar-refractivity contribution < 1.29 is 14.3 Å². The summed E-state index contributed by atoms with van der Waals surface area (Å²) in [5.41, 5.74) is 5.97. The van der Waals surface area contributed by atoms with Crippen molar-refractivity contribution in [3.8, 4) is 11.5 Å². The van der Waals surface area contributed by atoms with E-state index in [4.69, 9.17) is 9.47 Å². The first kappa shape index (κ1) is 17.8. The maximum atomic E-state index is 11.6. The third-order valence-corrected chi connectivity index (χ3v) is 3.15. The molecule has 128 valence electrons. The molecule has 2 aromatic carbocycles. The fourth-order valence-corrected chi connectivity index (χ4v) is 2.00. The van der Waals surface area contributed by atoms with Crippen LogP contribution in [0.1, 0.15) is 39.3 Å². The highest BCUT2D eigenvalue weighted by Gasteiger charge is 2.16. The van der Waals surface area contributed by atoms with Crippen LogP contribution < -0.4 is 15.6 Å². The lowest BCUT2D eigenvalue weighted by Crippen LogP contribution is -2.42. The summed E-state index contributed by atoms with van der Waals surface area (Å²) in [4.78, 5) is 11.6. The molecule has 0 aromatic heterocycles. The van der Waals surface area contributed by atoms with Crippen LogP contribution in [0.4, 0.5) is 4.79 Å². The summed E-state index contributed by atoms with van der Waals surface area (Å²) >= 11 is 0. The predicted octanol–water partition coefficient (Wildman–Crippen LogP) is 4.57. The average molecular weight is 328 g/mol. The molecule has 2 N–H and O–H groups in total. The van der Waals surface area contributed by atoms with E-state index in [2.05, 4.69) is 10.9 Å². The monoisotopic (exact) mass is 328 g/mol. The molecule has 0 saturated carbocycles. The highest BCUT2D eigenvalue weighted by molar-refractivity contribution is 5.67. The van der Waals surface area contributed by atoms with Gasteiger partial charge in [-0.2, -0.15) is 0 Å². The van der Waals surface area contributed by atoms with E-state index in [0.717, 1.165) is 17.1 Å². The maximum absolute atomic E-state index is 11.6. The fourth-order valence-electron chi connectivity index (χ4n) is 2.00. The standard InChI is InChI=1S/C19H24N2O3/c1-14(20-21-18(22)24-19(2,3)4)15-10-12-17(13-11-15)23-16-8-6-5-7-9-16/h5-14,20H,1-4H3,(H,21,22). The third-order valence-electron chi connectivity index (χ3n) is 3.15. The number of carbonyl (C=O) groups excluding carboxylic acids is 1. The summed E-state index contributed by atoms with van der Waals surface area (Å²) < 4.78 is 10.9. The third kappa shape index (κ3) is 5.93. The fraction of sp³-hybridized carbons (Fsp3) is 0.316.